The Morgan fingerprint density at radius 1 is 1.06 bits per heavy atom. The van der Waals surface area contributed by atoms with Crippen LogP contribution >= 0.6 is 0 Å². The van der Waals surface area contributed by atoms with Crippen LogP contribution in [0, 0.1) is 0 Å². The fourth-order valence-corrected chi connectivity index (χ4v) is 1.42. The van der Waals surface area contributed by atoms with Crippen LogP contribution in [-0.2, 0) is 9.53 Å². The van der Waals surface area contributed by atoms with E-state index in [-0.39, 0.29) is 11.4 Å². The van der Waals surface area contributed by atoms with Crippen LogP contribution < -0.4 is 0 Å². The van der Waals surface area contributed by atoms with Gasteiger partial charge in [-0.05, 0) is 13.3 Å². The zero-order valence-electron chi connectivity index (χ0n) is 12.3. The minimum absolute atomic E-state index is 0. The molecule has 0 aromatic rings. The molecular weight excluding hydrogens is 232 g/mol. The minimum Gasteiger partial charge on any atom is -0.466 e. The summed E-state index contributed by atoms with van der Waals surface area (Å²) in [6.07, 6.45) is 11.0. The molecule has 0 radical (unpaired) electrons. The van der Waals surface area contributed by atoms with Gasteiger partial charge in [0, 0.05) is 13.5 Å². The highest BCUT2D eigenvalue weighted by atomic mass is 16.5. The molecule has 1 rings (SSSR count). The third kappa shape index (κ3) is 29.5. The zero-order chi connectivity index (χ0) is 13.4. The quantitative estimate of drug-likeness (QED) is 0.796. The van der Waals surface area contributed by atoms with Crippen LogP contribution in [0.2, 0.25) is 0 Å². The van der Waals surface area contributed by atoms with Gasteiger partial charge in [-0.1, -0.05) is 51.9 Å². The lowest BCUT2D eigenvalue weighted by Gasteiger charge is -2.05. The molecule has 4 heteroatoms. The SMILES string of the molecule is C1CCCCC1.CCCCO.CCOC(C)=O.O. The number of hydrogen-bond acceptors (Lipinski definition) is 3. The first-order valence-electron chi connectivity index (χ1n) is 6.93. The number of carbonyl (C=O) groups is 1. The monoisotopic (exact) mass is 264 g/mol. The normalized spacial score (nSPS) is 12.9. The topological polar surface area (TPSA) is 78.0 Å². The van der Waals surface area contributed by atoms with Gasteiger partial charge in [0.1, 0.15) is 0 Å². The van der Waals surface area contributed by atoms with Crippen LogP contribution in [0.25, 0.3) is 0 Å². The summed E-state index contributed by atoms with van der Waals surface area (Å²) in [5.41, 5.74) is 0. The van der Waals surface area contributed by atoms with Crippen molar-refractivity contribution in [2.75, 3.05) is 13.2 Å². The molecule has 0 saturated heterocycles. The molecule has 18 heavy (non-hydrogen) atoms. The molecular formula is C14H32O4. The summed E-state index contributed by atoms with van der Waals surface area (Å²) in [7, 11) is 0. The van der Waals surface area contributed by atoms with Gasteiger partial charge in [0.2, 0.25) is 0 Å². The Morgan fingerprint density at radius 2 is 1.44 bits per heavy atom. The number of esters is 1. The maximum Gasteiger partial charge on any atom is 0.302 e. The first-order valence-corrected chi connectivity index (χ1v) is 6.93. The molecule has 0 bridgehead atoms. The number of aliphatic hydroxyl groups is 1. The van der Waals surface area contributed by atoms with Crippen molar-refractivity contribution in [2.24, 2.45) is 0 Å². The maximum absolute atomic E-state index is 9.82. The number of unbranched alkanes of at least 4 members (excludes halogenated alkanes) is 1. The second-order valence-electron chi connectivity index (χ2n) is 4.12. The Bertz CT molecular complexity index is 131. The van der Waals surface area contributed by atoms with Gasteiger partial charge < -0.3 is 15.3 Å². The van der Waals surface area contributed by atoms with Gasteiger partial charge in [-0.2, -0.15) is 0 Å². The van der Waals surface area contributed by atoms with E-state index in [1.54, 1.807) is 6.92 Å². The van der Waals surface area contributed by atoms with Crippen molar-refractivity contribution >= 4 is 5.97 Å². The van der Waals surface area contributed by atoms with Crippen molar-refractivity contribution in [1.29, 1.82) is 0 Å². The third-order valence-electron chi connectivity index (χ3n) is 2.36. The van der Waals surface area contributed by atoms with Gasteiger partial charge in [0.05, 0.1) is 6.61 Å². The van der Waals surface area contributed by atoms with E-state index in [1.165, 1.54) is 45.4 Å². The van der Waals surface area contributed by atoms with Crippen LogP contribution in [0.1, 0.15) is 72.1 Å². The van der Waals surface area contributed by atoms with Gasteiger partial charge >= 0.3 is 5.97 Å². The lowest BCUT2D eigenvalue weighted by atomic mass is 10.0. The second kappa shape index (κ2) is 21.7. The molecule has 0 spiro atoms. The Hall–Kier alpha value is -0.610. The number of aliphatic hydroxyl groups excluding tert-OH is 1. The zero-order valence-corrected chi connectivity index (χ0v) is 12.3. The van der Waals surface area contributed by atoms with Crippen molar-refractivity contribution in [3.63, 3.8) is 0 Å². The van der Waals surface area contributed by atoms with Crippen molar-refractivity contribution in [1.82, 2.24) is 0 Å². The molecule has 0 heterocycles. The van der Waals surface area contributed by atoms with E-state index in [0.717, 1.165) is 12.8 Å². The van der Waals surface area contributed by atoms with E-state index in [9.17, 15) is 4.79 Å². The number of hydrogen-bond donors (Lipinski definition) is 1. The van der Waals surface area contributed by atoms with Crippen molar-refractivity contribution in [2.45, 2.75) is 72.1 Å². The Kier molecular flexibility index (Phi) is 27.1. The van der Waals surface area contributed by atoms with Crippen LogP contribution in [0.15, 0.2) is 0 Å². The standard InChI is InChI=1S/C6H12.C4H8O2.C4H10O.H2O/c1-2-4-6-5-3-1;1-3-6-4(2)5;1-2-3-4-5;/h1-6H2;3H2,1-2H3;5H,2-4H2,1H3;1H2. The summed E-state index contributed by atoms with van der Waals surface area (Å²) in [5.74, 6) is -0.211. The average molecular weight is 264 g/mol. The lowest BCUT2D eigenvalue weighted by Crippen LogP contribution is -1.95. The van der Waals surface area contributed by atoms with Gasteiger partial charge in [-0.25, -0.2) is 0 Å². The maximum atomic E-state index is 9.82. The summed E-state index contributed by atoms with van der Waals surface area (Å²) in [6.45, 7) is 6.05. The largest absolute Gasteiger partial charge is 0.466 e. The van der Waals surface area contributed by atoms with Crippen molar-refractivity contribution in [3.05, 3.63) is 0 Å². The molecule has 0 atom stereocenters. The molecule has 3 N–H and O–H groups in total. The minimum atomic E-state index is -0.211. The summed E-state index contributed by atoms with van der Waals surface area (Å²) in [6, 6.07) is 0. The van der Waals surface area contributed by atoms with Crippen LogP contribution in [0.4, 0.5) is 0 Å². The van der Waals surface area contributed by atoms with Gasteiger partial charge in [-0.3, -0.25) is 4.79 Å². The van der Waals surface area contributed by atoms with Gasteiger partial charge in [-0.15, -0.1) is 0 Å². The predicted molar refractivity (Wildman–Crippen MR) is 75.6 cm³/mol. The molecule has 1 saturated carbocycles. The Balaban J connectivity index is -0.000000184. The predicted octanol–water partition coefficient (Wildman–Crippen LogP) is 2.86. The molecule has 112 valence electrons. The average Bonchev–Trinajstić information content (AvgIpc) is 2.34. The van der Waals surface area contributed by atoms with E-state index in [0.29, 0.717) is 13.2 Å². The molecule has 0 aromatic heterocycles. The van der Waals surface area contributed by atoms with Gasteiger partial charge in [0.25, 0.3) is 0 Å². The molecule has 1 aliphatic rings. The summed E-state index contributed by atoms with van der Waals surface area (Å²) >= 11 is 0. The van der Waals surface area contributed by atoms with Crippen LogP contribution in [0.3, 0.4) is 0 Å². The highest BCUT2D eigenvalue weighted by Crippen LogP contribution is 2.15. The molecule has 1 fully saturated rings. The fourth-order valence-electron chi connectivity index (χ4n) is 1.42. The molecule has 0 unspecified atom stereocenters. The molecule has 1 aliphatic carbocycles. The number of carbonyl (C=O) groups excluding carboxylic acids is 1. The van der Waals surface area contributed by atoms with E-state index >= 15 is 0 Å². The Labute approximate surface area is 112 Å². The third-order valence-corrected chi connectivity index (χ3v) is 2.36. The first-order chi connectivity index (χ1) is 8.18. The van der Waals surface area contributed by atoms with Crippen molar-refractivity contribution < 1.29 is 20.1 Å². The van der Waals surface area contributed by atoms with E-state index in [2.05, 4.69) is 11.7 Å². The highest BCUT2D eigenvalue weighted by Gasteiger charge is 1.95. The fraction of sp³-hybridized carbons (Fsp3) is 0.929. The van der Waals surface area contributed by atoms with E-state index in [4.69, 9.17) is 5.11 Å². The lowest BCUT2D eigenvalue weighted by molar-refractivity contribution is -0.140. The summed E-state index contributed by atoms with van der Waals surface area (Å²) in [5, 5.41) is 8.07. The summed E-state index contributed by atoms with van der Waals surface area (Å²) in [4.78, 5) is 9.82. The molecule has 0 aliphatic heterocycles. The van der Waals surface area contributed by atoms with Crippen LogP contribution in [0.5, 0.6) is 0 Å². The van der Waals surface area contributed by atoms with Gasteiger partial charge in [0.15, 0.2) is 0 Å². The van der Waals surface area contributed by atoms with E-state index < -0.39 is 0 Å². The first kappa shape index (κ1) is 22.6. The van der Waals surface area contributed by atoms with Crippen molar-refractivity contribution in [3.8, 4) is 0 Å². The summed E-state index contributed by atoms with van der Waals surface area (Å²) < 4.78 is 4.40. The molecule has 4 nitrogen and oxygen atoms in total. The highest BCUT2D eigenvalue weighted by molar-refractivity contribution is 5.65. The number of ether oxygens (including phenoxy) is 1. The van der Waals surface area contributed by atoms with Crippen LogP contribution in [-0.4, -0.2) is 29.8 Å². The van der Waals surface area contributed by atoms with E-state index in [1.807, 2.05) is 0 Å². The number of rotatable bonds is 3. The molecule has 0 aromatic carbocycles. The molecule has 0 amide bonds. The smallest absolute Gasteiger partial charge is 0.302 e. The Morgan fingerprint density at radius 3 is 1.50 bits per heavy atom. The second-order valence-corrected chi connectivity index (χ2v) is 4.12.